The van der Waals surface area contributed by atoms with Crippen molar-refractivity contribution >= 4 is 5.69 Å². The molecule has 0 spiro atoms. The van der Waals surface area contributed by atoms with Gasteiger partial charge in [0.15, 0.2) is 0 Å². The molecule has 1 fully saturated rings. The Hall–Kier alpha value is -1.09. The molecule has 3 atom stereocenters. The predicted octanol–water partition coefficient (Wildman–Crippen LogP) is 3.87. The van der Waals surface area contributed by atoms with Gasteiger partial charge >= 0.3 is 0 Å². The van der Waals surface area contributed by atoms with E-state index >= 15 is 0 Å². The fourth-order valence-corrected chi connectivity index (χ4v) is 3.30. The molecule has 1 saturated heterocycles. The second-order valence-electron chi connectivity index (χ2n) is 6.04. The number of benzene rings is 1. The van der Waals surface area contributed by atoms with Crippen LogP contribution in [0.15, 0.2) is 18.2 Å². The minimum atomic E-state index is -0.160. The van der Waals surface area contributed by atoms with Crippen LogP contribution in [-0.2, 0) is 6.42 Å². The first-order valence-corrected chi connectivity index (χ1v) is 7.89. The average Bonchev–Trinajstić information content (AvgIpc) is 2.80. The highest BCUT2D eigenvalue weighted by molar-refractivity contribution is 5.56. The van der Waals surface area contributed by atoms with Crippen molar-refractivity contribution in [3.63, 3.8) is 0 Å². The summed E-state index contributed by atoms with van der Waals surface area (Å²) < 4.78 is 13.6. The van der Waals surface area contributed by atoms with Crippen molar-refractivity contribution < 1.29 is 4.39 Å². The van der Waals surface area contributed by atoms with Crippen LogP contribution in [-0.4, -0.2) is 18.1 Å². The fourth-order valence-electron chi connectivity index (χ4n) is 3.30. The summed E-state index contributed by atoms with van der Waals surface area (Å²) in [6.45, 7) is 6.58. The number of anilines is 1. The van der Waals surface area contributed by atoms with E-state index in [4.69, 9.17) is 5.73 Å². The molecule has 0 aromatic heterocycles. The molecule has 0 aliphatic carbocycles. The van der Waals surface area contributed by atoms with Crippen molar-refractivity contribution in [2.75, 3.05) is 4.90 Å². The van der Waals surface area contributed by atoms with Gasteiger partial charge in [-0.1, -0.05) is 13.8 Å². The summed E-state index contributed by atoms with van der Waals surface area (Å²) >= 11 is 0. The van der Waals surface area contributed by atoms with Crippen molar-refractivity contribution in [1.29, 1.82) is 0 Å². The van der Waals surface area contributed by atoms with Gasteiger partial charge in [-0.3, -0.25) is 0 Å². The predicted molar refractivity (Wildman–Crippen MR) is 83.6 cm³/mol. The number of nitrogens with zero attached hydrogens (tertiary/aromatic N) is 1. The number of nitrogens with two attached hydrogens (primary N) is 1. The summed E-state index contributed by atoms with van der Waals surface area (Å²) in [7, 11) is 0. The summed E-state index contributed by atoms with van der Waals surface area (Å²) in [5.41, 5.74) is 8.33. The van der Waals surface area contributed by atoms with E-state index in [1.807, 2.05) is 6.07 Å². The molecule has 3 unspecified atom stereocenters. The summed E-state index contributed by atoms with van der Waals surface area (Å²) in [6.07, 6.45) is 5.26. The molecule has 1 aromatic rings. The van der Waals surface area contributed by atoms with Crippen LogP contribution in [0.2, 0.25) is 0 Å². The highest BCUT2D eigenvalue weighted by Gasteiger charge is 2.30. The summed E-state index contributed by atoms with van der Waals surface area (Å²) in [5, 5.41) is 0. The molecule has 0 bridgehead atoms. The van der Waals surface area contributed by atoms with Crippen LogP contribution < -0.4 is 10.6 Å². The Morgan fingerprint density at radius 1 is 1.35 bits per heavy atom. The quantitative estimate of drug-likeness (QED) is 0.886. The zero-order valence-corrected chi connectivity index (χ0v) is 12.9. The number of hydrogen-bond donors (Lipinski definition) is 1. The van der Waals surface area contributed by atoms with Gasteiger partial charge in [0.2, 0.25) is 0 Å². The largest absolute Gasteiger partial charge is 0.366 e. The second kappa shape index (κ2) is 6.57. The van der Waals surface area contributed by atoms with Crippen molar-refractivity contribution in [2.24, 2.45) is 5.73 Å². The minimum Gasteiger partial charge on any atom is -0.366 e. The van der Waals surface area contributed by atoms with Gasteiger partial charge < -0.3 is 10.6 Å². The zero-order chi connectivity index (χ0) is 14.7. The molecular formula is C17H27FN2. The molecule has 112 valence electrons. The average molecular weight is 278 g/mol. The monoisotopic (exact) mass is 278 g/mol. The second-order valence-corrected chi connectivity index (χ2v) is 6.04. The molecule has 2 rings (SSSR count). The van der Waals surface area contributed by atoms with Gasteiger partial charge in [0.05, 0.1) is 0 Å². The van der Waals surface area contributed by atoms with Gasteiger partial charge in [-0.05, 0) is 62.8 Å². The smallest absolute Gasteiger partial charge is 0.123 e. The van der Waals surface area contributed by atoms with Crippen molar-refractivity contribution in [3.8, 4) is 0 Å². The highest BCUT2D eigenvalue weighted by Crippen LogP contribution is 2.35. The van der Waals surface area contributed by atoms with Gasteiger partial charge in [0.25, 0.3) is 0 Å². The first-order chi connectivity index (χ1) is 9.56. The van der Waals surface area contributed by atoms with E-state index in [1.165, 1.54) is 18.5 Å². The Bertz CT molecular complexity index is 447. The van der Waals surface area contributed by atoms with Gasteiger partial charge in [-0.15, -0.1) is 0 Å². The number of rotatable bonds is 5. The third-order valence-electron chi connectivity index (χ3n) is 4.58. The summed E-state index contributed by atoms with van der Waals surface area (Å²) in [4.78, 5) is 2.48. The summed E-state index contributed by atoms with van der Waals surface area (Å²) in [6, 6.07) is 6.40. The SMILES string of the molecule is CCC(N)Cc1cc(F)ccc1N1C(C)CCC1CC. The molecule has 1 aromatic carbocycles. The molecule has 1 aliphatic rings. The molecule has 0 radical (unpaired) electrons. The highest BCUT2D eigenvalue weighted by atomic mass is 19.1. The van der Waals surface area contributed by atoms with Crippen LogP contribution in [0, 0.1) is 5.82 Å². The normalized spacial score (nSPS) is 24.1. The minimum absolute atomic E-state index is 0.105. The van der Waals surface area contributed by atoms with Gasteiger partial charge in [-0.2, -0.15) is 0 Å². The molecule has 2 N–H and O–H groups in total. The van der Waals surface area contributed by atoms with Gasteiger partial charge in [0, 0.05) is 23.8 Å². The molecule has 1 heterocycles. The standard InChI is InChI=1S/C17H27FN2/c1-4-15(19)11-13-10-14(18)7-9-17(13)20-12(3)6-8-16(20)5-2/h7,9-10,12,15-16H,4-6,8,11,19H2,1-3H3. The molecule has 2 nitrogen and oxygen atoms in total. The third-order valence-corrected chi connectivity index (χ3v) is 4.58. The lowest BCUT2D eigenvalue weighted by molar-refractivity contribution is 0.599. The molecular weight excluding hydrogens is 251 g/mol. The Balaban J connectivity index is 2.34. The van der Waals surface area contributed by atoms with Crippen molar-refractivity contribution in [1.82, 2.24) is 0 Å². The lowest BCUT2D eigenvalue weighted by Crippen LogP contribution is -2.35. The molecule has 1 aliphatic heterocycles. The van der Waals surface area contributed by atoms with E-state index in [9.17, 15) is 4.39 Å². The maximum Gasteiger partial charge on any atom is 0.123 e. The van der Waals surface area contributed by atoms with Crippen LogP contribution in [0.4, 0.5) is 10.1 Å². The van der Waals surface area contributed by atoms with Crippen LogP contribution in [0.25, 0.3) is 0 Å². The zero-order valence-electron chi connectivity index (χ0n) is 12.9. The van der Waals surface area contributed by atoms with Crippen LogP contribution in [0.1, 0.15) is 52.0 Å². The maximum atomic E-state index is 13.6. The Kier molecular flexibility index (Phi) is 5.03. The number of hydrogen-bond acceptors (Lipinski definition) is 2. The fraction of sp³-hybridized carbons (Fsp3) is 0.647. The number of halogens is 1. The first-order valence-electron chi connectivity index (χ1n) is 7.89. The van der Waals surface area contributed by atoms with E-state index < -0.39 is 0 Å². The Labute approximate surface area is 122 Å². The summed E-state index contributed by atoms with van der Waals surface area (Å²) in [5.74, 6) is -0.160. The maximum absolute atomic E-state index is 13.6. The van der Waals surface area contributed by atoms with E-state index in [0.717, 1.165) is 24.8 Å². The lowest BCUT2D eigenvalue weighted by atomic mass is 10.0. The molecule has 20 heavy (non-hydrogen) atoms. The lowest BCUT2D eigenvalue weighted by Gasteiger charge is -2.32. The molecule has 0 amide bonds. The van der Waals surface area contributed by atoms with Crippen LogP contribution >= 0.6 is 0 Å². The van der Waals surface area contributed by atoms with Crippen LogP contribution in [0.3, 0.4) is 0 Å². The van der Waals surface area contributed by atoms with Crippen molar-refractivity contribution in [3.05, 3.63) is 29.6 Å². The van der Waals surface area contributed by atoms with E-state index in [2.05, 4.69) is 25.7 Å². The Morgan fingerprint density at radius 2 is 2.10 bits per heavy atom. The van der Waals surface area contributed by atoms with Gasteiger partial charge in [0.1, 0.15) is 5.82 Å². The molecule has 0 saturated carbocycles. The van der Waals surface area contributed by atoms with Crippen molar-refractivity contribution in [2.45, 2.75) is 71.0 Å². The van der Waals surface area contributed by atoms with Gasteiger partial charge in [-0.25, -0.2) is 4.39 Å². The van der Waals surface area contributed by atoms with Crippen LogP contribution in [0.5, 0.6) is 0 Å². The molecule has 3 heteroatoms. The van der Waals surface area contributed by atoms with E-state index in [-0.39, 0.29) is 11.9 Å². The van der Waals surface area contributed by atoms with E-state index in [1.54, 1.807) is 12.1 Å². The van der Waals surface area contributed by atoms with E-state index in [0.29, 0.717) is 12.1 Å². The third kappa shape index (κ3) is 3.14. The Morgan fingerprint density at radius 3 is 2.75 bits per heavy atom. The topological polar surface area (TPSA) is 29.3 Å². The first kappa shape index (κ1) is 15.3.